The van der Waals surface area contributed by atoms with Crippen LogP contribution in [-0.2, 0) is 16.1 Å². The van der Waals surface area contributed by atoms with E-state index in [1.807, 2.05) is 24.3 Å². The average Bonchev–Trinajstić information content (AvgIpc) is 2.78. The van der Waals surface area contributed by atoms with Gasteiger partial charge in [-0.25, -0.2) is 0 Å². The summed E-state index contributed by atoms with van der Waals surface area (Å²) in [6.07, 6.45) is 7.20. The van der Waals surface area contributed by atoms with E-state index in [0.29, 0.717) is 23.9 Å². The molecule has 1 aromatic rings. The van der Waals surface area contributed by atoms with Crippen LogP contribution in [0, 0.1) is 11.8 Å². The van der Waals surface area contributed by atoms with Crippen LogP contribution in [0.1, 0.15) is 68.3 Å². The van der Waals surface area contributed by atoms with Gasteiger partial charge in [0.25, 0.3) is 5.91 Å². The van der Waals surface area contributed by atoms with Gasteiger partial charge >= 0.3 is 0 Å². The Morgan fingerprint density at radius 2 is 1.87 bits per heavy atom. The van der Waals surface area contributed by atoms with Crippen molar-refractivity contribution in [3.63, 3.8) is 0 Å². The van der Waals surface area contributed by atoms with Crippen molar-refractivity contribution in [3.8, 4) is 0 Å². The number of hydrogen-bond acceptors (Lipinski definition) is 4. The largest absolute Gasteiger partial charge is 0.381 e. The normalized spacial score (nSPS) is 24.5. The molecular weight excluding hydrogens is 390 g/mol. The number of rotatable bonds is 9. The van der Waals surface area contributed by atoms with Gasteiger partial charge in [-0.2, -0.15) is 0 Å². The summed E-state index contributed by atoms with van der Waals surface area (Å²) in [5, 5.41) is 6.11. The average molecular weight is 430 g/mol. The first kappa shape index (κ1) is 23.7. The van der Waals surface area contributed by atoms with E-state index < -0.39 is 0 Å². The van der Waals surface area contributed by atoms with E-state index in [1.165, 1.54) is 39.0 Å². The molecule has 1 saturated heterocycles. The van der Waals surface area contributed by atoms with Crippen molar-refractivity contribution in [2.24, 2.45) is 11.8 Å². The van der Waals surface area contributed by atoms with Crippen LogP contribution in [0.3, 0.4) is 0 Å². The van der Waals surface area contributed by atoms with Gasteiger partial charge in [-0.05, 0) is 68.7 Å². The van der Waals surface area contributed by atoms with E-state index >= 15 is 0 Å². The van der Waals surface area contributed by atoms with Gasteiger partial charge in [0.2, 0.25) is 5.91 Å². The molecule has 1 saturated carbocycles. The highest BCUT2D eigenvalue weighted by molar-refractivity contribution is 5.94. The highest BCUT2D eigenvalue weighted by Gasteiger charge is 2.30. The molecule has 2 aliphatic rings. The third-order valence-electron chi connectivity index (χ3n) is 6.64. The molecule has 1 aliphatic carbocycles. The number of likely N-dealkylation sites (tertiary alicyclic amines) is 1. The first-order valence-corrected chi connectivity index (χ1v) is 12.0. The standard InChI is InChI=1S/C25H39N3O3/c1-3-31-18-21-7-6-14-28(16-21)17-23-8-4-5-9-24(23)27-25(30)22-12-10-20(11-13-22)15-26-19(2)29/h10-13,21,23-24H,3-9,14-18H2,1-2H3,(H,26,29)(H,27,30)/t21-,23-,24+/m1/s1. The summed E-state index contributed by atoms with van der Waals surface area (Å²) in [5.74, 6) is 1.11. The molecule has 1 aliphatic heterocycles. The number of nitrogens with zero attached hydrogens (tertiary/aromatic N) is 1. The predicted molar refractivity (Wildman–Crippen MR) is 123 cm³/mol. The third kappa shape index (κ3) is 7.62. The second-order valence-electron chi connectivity index (χ2n) is 9.16. The van der Waals surface area contributed by atoms with E-state index in [0.717, 1.165) is 44.8 Å². The maximum Gasteiger partial charge on any atom is 0.251 e. The highest BCUT2D eigenvalue weighted by Crippen LogP contribution is 2.27. The first-order valence-electron chi connectivity index (χ1n) is 12.0. The number of carbonyl (C=O) groups is 2. The molecule has 31 heavy (non-hydrogen) atoms. The van der Waals surface area contributed by atoms with E-state index in [-0.39, 0.29) is 17.9 Å². The molecule has 6 heteroatoms. The van der Waals surface area contributed by atoms with Crippen LogP contribution in [0.4, 0.5) is 0 Å². The minimum atomic E-state index is -0.0527. The summed E-state index contributed by atoms with van der Waals surface area (Å²) < 4.78 is 5.67. The van der Waals surface area contributed by atoms with Crippen molar-refractivity contribution in [1.29, 1.82) is 0 Å². The molecule has 3 rings (SSSR count). The summed E-state index contributed by atoms with van der Waals surface area (Å²) in [7, 11) is 0. The van der Waals surface area contributed by atoms with Crippen LogP contribution in [-0.4, -0.2) is 55.6 Å². The Kier molecular flexibility index (Phi) is 9.34. The lowest BCUT2D eigenvalue weighted by Gasteiger charge is -2.39. The summed E-state index contributed by atoms with van der Waals surface area (Å²) in [6, 6.07) is 7.78. The predicted octanol–water partition coefficient (Wildman–Crippen LogP) is 3.36. The lowest BCUT2D eigenvalue weighted by molar-refractivity contribution is -0.119. The Balaban J connectivity index is 1.53. The number of carbonyl (C=O) groups excluding carboxylic acids is 2. The first-order chi connectivity index (χ1) is 15.0. The van der Waals surface area contributed by atoms with Crippen LogP contribution in [0.25, 0.3) is 0 Å². The van der Waals surface area contributed by atoms with Gasteiger partial charge in [0.05, 0.1) is 6.61 Å². The smallest absolute Gasteiger partial charge is 0.251 e. The molecule has 1 aromatic carbocycles. The van der Waals surface area contributed by atoms with Crippen molar-refractivity contribution in [3.05, 3.63) is 35.4 Å². The number of nitrogens with one attached hydrogen (secondary N) is 2. The molecule has 0 bridgehead atoms. The zero-order valence-corrected chi connectivity index (χ0v) is 19.2. The van der Waals surface area contributed by atoms with Crippen molar-refractivity contribution in [2.45, 2.75) is 65.0 Å². The molecule has 0 unspecified atom stereocenters. The SMILES string of the molecule is CCOC[C@@H]1CCCN(C[C@H]2CCCC[C@@H]2NC(=O)c2ccc(CNC(C)=O)cc2)C1. The van der Waals surface area contributed by atoms with Crippen LogP contribution in [0.15, 0.2) is 24.3 Å². The Hall–Kier alpha value is -1.92. The molecule has 0 radical (unpaired) electrons. The van der Waals surface area contributed by atoms with Crippen LogP contribution in [0.5, 0.6) is 0 Å². The highest BCUT2D eigenvalue weighted by atomic mass is 16.5. The van der Waals surface area contributed by atoms with Crippen molar-refractivity contribution in [2.75, 3.05) is 32.8 Å². The number of benzene rings is 1. The zero-order chi connectivity index (χ0) is 22.1. The number of piperidine rings is 1. The topological polar surface area (TPSA) is 70.7 Å². The Bertz CT molecular complexity index is 706. The van der Waals surface area contributed by atoms with E-state index in [9.17, 15) is 9.59 Å². The molecule has 2 fully saturated rings. The second-order valence-corrected chi connectivity index (χ2v) is 9.16. The molecule has 0 aromatic heterocycles. The summed E-state index contributed by atoms with van der Waals surface area (Å²) in [5.41, 5.74) is 1.68. The Morgan fingerprint density at radius 1 is 1.10 bits per heavy atom. The van der Waals surface area contributed by atoms with Crippen molar-refractivity contribution < 1.29 is 14.3 Å². The Labute approximate surface area is 187 Å². The van der Waals surface area contributed by atoms with Crippen LogP contribution >= 0.6 is 0 Å². The lowest BCUT2D eigenvalue weighted by atomic mass is 9.83. The lowest BCUT2D eigenvalue weighted by Crippen LogP contribution is -2.48. The fourth-order valence-corrected chi connectivity index (χ4v) is 4.94. The second kappa shape index (κ2) is 12.2. The minimum absolute atomic E-state index is 0.0100. The van der Waals surface area contributed by atoms with Crippen LogP contribution < -0.4 is 10.6 Å². The van der Waals surface area contributed by atoms with Crippen molar-refractivity contribution in [1.82, 2.24) is 15.5 Å². The van der Waals surface area contributed by atoms with E-state index in [4.69, 9.17) is 4.74 Å². The van der Waals surface area contributed by atoms with Gasteiger partial charge in [0.15, 0.2) is 0 Å². The summed E-state index contributed by atoms with van der Waals surface area (Å²) in [4.78, 5) is 26.6. The fourth-order valence-electron chi connectivity index (χ4n) is 4.94. The summed E-state index contributed by atoms with van der Waals surface area (Å²) in [6.45, 7) is 9.07. The van der Waals surface area contributed by atoms with Gasteiger partial charge < -0.3 is 20.3 Å². The maximum atomic E-state index is 12.9. The van der Waals surface area contributed by atoms with Crippen LogP contribution in [0.2, 0.25) is 0 Å². The fraction of sp³-hybridized carbons (Fsp3) is 0.680. The molecule has 172 valence electrons. The van der Waals surface area contributed by atoms with Gasteiger partial charge in [-0.1, -0.05) is 25.0 Å². The molecule has 3 atom stereocenters. The zero-order valence-electron chi connectivity index (χ0n) is 19.2. The minimum Gasteiger partial charge on any atom is -0.381 e. The van der Waals surface area contributed by atoms with Crippen molar-refractivity contribution >= 4 is 11.8 Å². The molecule has 2 amide bonds. The van der Waals surface area contributed by atoms with Gasteiger partial charge in [0, 0.05) is 44.8 Å². The molecular formula is C25H39N3O3. The van der Waals surface area contributed by atoms with E-state index in [2.05, 4.69) is 22.5 Å². The molecule has 1 heterocycles. The van der Waals surface area contributed by atoms with Gasteiger partial charge in [-0.15, -0.1) is 0 Å². The monoisotopic (exact) mass is 429 g/mol. The van der Waals surface area contributed by atoms with Gasteiger partial charge in [-0.3, -0.25) is 9.59 Å². The molecule has 0 spiro atoms. The maximum absolute atomic E-state index is 12.9. The third-order valence-corrected chi connectivity index (χ3v) is 6.64. The number of ether oxygens (including phenoxy) is 1. The van der Waals surface area contributed by atoms with E-state index in [1.54, 1.807) is 0 Å². The molecule has 2 N–H and O–H groups in total. The molecule has 6 nitrogen and oxygen atoms in total. The number of amides is 2. The quantitative estimate of drug-likeness (QED) is 0.632. The number of hydrogen-bond donors (Lipinski definition) is 2. The summed E-state index contributed by atoms with van der Waals surface area (Å²) >= 11 is 0. The Morgan fingerprint density at radius 3 is 2.61 bits per heavy atom. The van der Waals surface area contributed by atoms with Gasteiger partial charge in [0.1, 0.15) is 0 Å².